The monoisotopic (exact) mass is 558 g/mol. The molecule has 11 heteroatoms. The van der Waals surface area contributed by atoms with E-state index in [0.29, 0.717) is 37.2 Å². The highest BCUT2D eigenvalue weighted by molar-refractivity contribution is 5.95. The second-order valence-corrected chi connectivity index (χ2v) is 9.99. The minimum Gasteiger partial charge on any atom is -0.406 e. The third kappa shape index (κ3) is 6.41. The van der Waals surface area contributed by atoms with Gasteiger partial charge in [0.05, 0.1) is 5.69 Å². The van der Waals surface area contributed by atoms with E-state index in [4.69, 9.17) is 0 Å². The van der Waals surface area contributed by atoms with Crippen LogP contribution in [0.1, 0.15) is 29.5 Å². The lowest BCUT2D eigenvalue weighted by Gasteiger charge is -2.39. The molecular weight excluding hydrogens is 531 g/mol. The predicted octanol–water partition coefficient (Wildman–Crippen LogP) is 6.04. The Kier molecular flexibility index (Phi) is 7.75. The van der Waals surface area contributed by atoms with Gasteiger partial charge < -0.3 is 10.1 Å². The number of likely N-dealkylation sites (tertiary alicyclic amines) is 1. The number of hydrogen-bond donors (Lipinski definition) is 1. The fourth-order valence-corrected chi connectivity index (χ4v) is 5.36. The average Bonchev–Trinajstić information content (AvgIpc) is 3.22. The zero-order valence-electron chi connectivity index (χ0n) is 21.4. The largest absolute Gasteiger partial charge is 0.573 e. The first kappa shape index (κ1) is 27.6. The van der Waals surface area contributed by atoms with E-state index < -0.39 is 29.5 Å². The lowest BCUT2D eigenvalue weighted by atomic mass is 9.74. The maximum atomic E-state index is 13.5. The van der Waals surface area contributed by atoms with Crippen LogP contribution in [0.15, 0.2) is 66.9 Å². The van der Waals surface area contributed by atoms with Gasteiger partial charge in [-0.1, -0.05) is 30.4 Å². The third-order valence-corrected chi connectivity index (χ3v) is 7.36. The summed E-state index contributed by atoms with van der Waals surface area (Å²) in [5.74, 6) is -1.37. The lowest BCUT2D eigenvalue weighted by molar-refractivity contribution is -0.274. The van der Waals surface area contributed by atoms with Crippen molar-refractivity contribution in [1.82, 2.24) is 15.2 Å². The van der Waals surface area contributed by atoms with Crippen LogP contribution in [0, 0.1) is 11.8 Å². The summed E-state index contributed by atoms with van der Waals surface area (Å²) in [6, 6.07) is 12.6. The minimum absolute atomic E-state index is 0.0318. The number of rotatable bonds is 6. The number of ether oxygens (including phenoxy) is 1. The van der Waals surface area contributed by atoms with Crippen LogP contribution in [0.25, 0.3) is 6.08 Å². The molecule has 2 aromatic carbocycles. The summed E-state index contributed by atoms with van der Waals surface area (Å²) in [7, 11) is 0. The Hall–Kier alpha value is -3.99. The van der Waals surface area contributed by atoms with Crippen LogP contribution in [0.4, 0.5) is 32.4 Å². The first-order chi connectivity index (χ1) is 19.1. The summed E-state index contributed by atoms with van der Waals surface area (Å²) < 4.78 is 69.5. The van der Waals surface area contributed by atoms with Gasteiger partial charge in [0.2, 0.25) is 5.95 Å². The van der Waals surface area contributed by atoms with E-state index in [1.165, 1.54) is 41.4 Å². The Labute approximate surface area is 228 Å². The van der Waals surface area contributed by atoms with Crippen molar-refractivity contribution in [3.8, 4) is 5.75 Å². The molecule has 2 aliphatic rings. The molecule has 0 atom stereocenters. The Morgan fingerprint density at radius 1 is 1.05 bits per heavy atom. The minimum atomic E-state index is -4.87. The molecule has 40 heavy (non-hydrogen) atoms. The van der Waals surface area contributed by atoms with Gasteiger partial charge in [0.15, 0.2) is 0 Å². The number of carbonyl (C=O) groups excluding carboxylic acids is 1. The molecular formula is C29H27F5N4O2. The number of carbonyl (C=O) groups is 1. The normalized spacial score (nSPS) is 16.9. The average molecular weight is 559 g/mol. The Morgan fingerprint density at radius 2 is 1.80 bits per heavy atom. The number of anilines is 1. The number of aromatic nitrogens is 1. The fourth-order valence-electron chi connectivity index (χ4n) is 5.36. The summed E-state index contributed by atoms with van der Waals surface area (Å²) in [6.07, 6.45) is 1.76. The highest BCUT2D eigenvalue weighted by Crippen LogP contribution is 2.48. The molecule has 6 nitrogen and oxygen atoms in total. The molecule has 1 fully saturated rings. The number of benzene rings is 2. The fraction of sp³-hybridized carbons (Fsp3) is 0.310. The van der Waals surface area contributed by atoms with Crippen molar-refractivity contribution in [3.63, 3.8) is 0 Å². The number of alkyl halides is 3. The first-order valence-corrected chi connectivity index (χ1v) is 12.8. The van der Waals surface area contributed by atoms with E-state index in [1.807, 2.05) is 12.2 Å². The summed E-state index contributed by atoms with van der Waals surface area (Å²) >= 11 is 0. The molecule has 210 valence electrons. The van der Waals surface area contributed by atoms with Gasteiger partial charge in [-0.05, 0) is 73.0 Å². The van der Waals surface area contributed by atoms with Crippen LogP contribution in [0.3, 0.4) is 0 Å². The molecule has 0 radical (unpaired) electrons. The van der Waals surface area contributed by atoms with Crippen molar-refractivity contribution in [2.45, 2.75) is 31.2 Å². The first-order valence-electron chi connectivity index (χ1n) is 12.8. The number of pyridine rings is 1. The summed E-state index contributed by atoms with van der Waals surface area (Å²) in [5.41, 5.74) is 2.14. The maximum absolute atomic E-state index is 13.5. The van der Waals surface area contributed by atoms with Crippen molar-refractivity contribution >= 4 is 17.8 Å². The molecule has 3 aromatic rings. The number of hydrogen-bond acceptors (Lipinski definition) is 4. The van der Waals surface area contributed by atoms with Crippen molar-refractivity contribution in [3.05, 3.63) is 95.3 Å². The highest BCUT2D eigenvalue weighted by atomic mass is 19.4. The van der Waals surface area contributed by atoms with E-state index in [0.717, 1.165) is 24.2 Å². The second-order valence-electron chi connectivity index (χ2n) is 9.99. The quantitative estimate of drug-likeness (QED) is 0.296. The smallest absolute Gasteiger partial charge is 0.406 e. The van der Waals surface area contributed by atoms with Gasteiger partial charge in [0.1, 0.15) is 11.6 Å². The molecule has 0 saturated carbocycles. The Bertz CT molecular complexity index is 1390. The SMILES string of the molecule is O=C(NCc1ccnc(F)c1)N1CC2(CCN(CC=Cc3ccc(F)cc3)CC2)c2ccc(OC(F)(F)F)cc21. The van der Waals surface area contributed by atoms with Crippen molar-refractivity contribution in [1.29, 1.82) is 0 Å². The molecule has 0 unspecified atom stereocenters. The maximum Gasteiger partial charge on any atom is 0.573 e. The van der Waals surface area contributed by atoms with Crippen LogP contribution in [-0.4, -0.2) is 48.5 Å². The van der Waals surface area contributed by atoms with E-state index in [9.17, 15) is 26.7 Å². The Balaban J connectivity index is 1.30. The van der Waals surface area contributed by atoms with Gasteiger partial charge in [-0.25, -0.2) is 14.2 Å². The van der Waals surface area contributed by atoms with Gasteiger partial charge in [-0.15, -0.1) is 13.2 Å². The lowest BCUT2D eigenvalue weighted by Crippen LogP contribution is -2.47. The number of nitrogens with zero attached hydrogens (tertiary/aromatic N) is 3. The molecule has 2 amide bonds. The van der Waals surface area contributed by atoms with Crippen LogP contribution in [-0.2, 0) is 12.0 Å². The van der Waals surface area contributed by atoms with Crippen LogP contribution >= 0.6 is 0 Å². The van der Waals surface area contributed by atoms with Crippen LogP contribution < -0.4 is 15.0 Å². The number of nitrogens with one attached hydrogen (secondary N) is 1. The predicted molar refractivity (Wildman–Crippen MR) is 140 cm³/mol. The van der Waals surface area contributed by atoms with E-state index in [-0.39, 0.29) is 12.4 Å². The molecule has 1 N–H and O–H groups in total. The van der Waals surface area contributed by atoms with Gasteiger partial charge in [0, 0.05) is 37.3 Å². The van der Waals surface area contributed by atoms with Crippen molar-refractivity contribution in [2.24, 2.45) is 0 Å². The van der Waals surface area contributed by atoms with E-state index in [2.05, 4.69) is 19.9 Å². The number of halogens is 5. The molecule has 2 aliphatic heterocycles. The molecule has 0 aliphatic carbocycles. The standard InChI is InChI=1S/C29H27F5N4O2/c30-22-5-3-20(4-6-22)2-1-13-37-14-10-28(11-15-37)19-38(27(39)36-18-21-9-12-35-26(31)16-21)25-17-23(7-8-24(25)28)40-29(32,33)34/h1-9,12,16-17H,10-11,13-15,18-19H2,(H,36,39). The van der Waals surface area contributed by atoms with Crippen LogP contribution in [0.5, 0.6) is 5.75 Å². The van der Waals surface area contributed by atoms with Gasteiger partial charge >= 0.3 is 12.4 Å². The summed E-state index contributed by atoms with van der Waals surface area (Å²) in [6.45, 7) is 2.46. The topological polar surface area (TPSA) is 57.7 Å². The number of fused-ring (bicyclic) bond motifs is 2. The van der Waals surface area contributed by atoms with Crippen molar-refractivity contribution < 1.29 is 31.5 Å². The second kappa shape index (κ2) is 11.2. The number of urea groups is 1. The number of amides is 2. The third-order valence-electron chi connectivity index (χ3n) is 7.36. The molecule has 1 saturated heterocycles. The van der Waals surface area contributed by atoms with Gasteiger partial charge in [-0.3, -0.25) is 9.80 Å². The molecule has 1 aromatic heterocycles. The highest BCUT2D eigenvalue weighted by Gasteiger charge is 2.46. The number of piperidine rings is 1. The molecule has 3 heterocycles. The Morgan fingerprint density at radius 3 is 2.50 bits per heavy atom. The summed E-state index contributed by atoms with van der Waals surface area (Å²) in [5, 5.41) is 2.74. The molecule has 0 bridgehead atoms. The molecule has 1 spiro atoms. The van der Waals surface area contributed by atoms with Crippen LogP contribution in [0.2, 0.25) is 0 Å². The summed E-state index contributed by atoms with van der Waals surface area (Å²) in [4.78, 5) is 20.4. The molecule has 5 rings (SSSR count). The zero-order chi connectivity index (χ0) is 28.3. The van der Waals surface area contributed by atoms with E-state index >= 15 is 0 Å². The zero-order valence-corrected chi connectivity index (χ0v) is 21.4. The van der Waals surface area contributed by atoms with E-state index in [1.54, 1.807) is 24.3 Å². The van der Waals surface area contributed by atoms with Crippen molar-refractivity contribution in [2.75, 3.05) is 31.1 Å². The van der Waals surface area contributed by atoms with Gasteiger partial charge in [0.25, 0.3) is 0 Å². The van der Waals surface area contributed by atoms with Gasteiger partial charge in [-0.2, -0.15) is 4.39 Å².